The van der Waals surface area contributed by atoms with Crippen LogP contribution in [0.2, 0.25) is 0 Å². The first-order chi connectivity index (χ1) is 14.0. The molecule has 1 unspecified atom stereocenters. The van der Waals surface area contributed by atoms with Gasteiger partial charge in [-0.15, -0.1) is 0 Å². The van der Waals surface area contributed by atoms with Gasteiger partial charge in [-0.2, -0.15) is 0 Å². The molecule has 1 N–H and O–H groups in total. The van der Waals surface area contributed by atoms with E-state index in [4.69, 9.17) is 0 Å². The molecular formula is C24H23INO2S+. The molecule has 1 atom stereocenters. The summed E-state index contributed by atoms with van der Waals surface area (Å²) < 4.78 is 32.4. The molecule has 0 amide bonds. The zero-order valence-electron chi connectivity index (χ0n) is 16.2. The van der Waals surface area contributed by atoms with E-state index in [1.807, 2.05) is 43.3 Å². The van der Waals surface area contributed by atoms with E-state index >= 15 is 0 Å². The van der Waals surface area contributed by atoms with Crippen molar-refractivity contribution in [2.45, 2.75) is 24.2 Å². The Kier molecular flexibility index (Phi) is 7.87. The highest BCUT2D eigenvalue weighted by Crippen LogP contribution is 2.18. The number of sulfonamides is 1. The molecule has 0 saturated carbocycles. The maximum absolute atomic E-state index is 12.5. The van der Waals surface area contributed by atoms with Crippen LogP contribution in [0.1, 0.15) is 23.5 Å². The highest BCUT2D eigenvalue weighted by atomic mass is 127. The number of hydrogen-bond acceptors (Lipinski definition) is 2. The van der Waals surface area contributed by atoms with Gasteiger partial charge >= 0.3 is 21.2 Å². The van der Waals surface area contributed by atoms with Crippen molar-refractivity contribution in [1.29, 1.82) is 0 Å². The van der Waals surface area contributed by atoms with Crippen LogP contribution < -0.4 is 25.9 Å². The summed E-state index contributed by atoms with van der Waals surface area (Å²) in [4.78, 5) is 0.292. The van der Waals surface area contributed by atoms with Crippen molar-refractivity contribution in [3.05, 3.63) is 99.6 Å². The summed E-state index contributed by atoms with van der Waals surface area (Å²) in [6.07, 6.45) is 0.626. The zero-order chi connectivity index (χ0) is 20.5. The van der Waals surface area contributed by atoms with Gasteiger partial charge in [0.1, 0.15) is 0 Å². The Morgan fingerprint density at radius 1 is 0.897 bits per heavy atom. The van der Waals surface area contributed by atoms with E-state index in [1.165, 1.54) is 3.57 Å². The molecular weight excluding hydrogens is 493 g/mol. The lowest BCUT2D eigenvalue weighted by Gasteiger charge is -2.12. The van der Waals surface area contributed by atoms with Crippen molar-refractivity contribution in [3.63, 3.8) is 0 Å². The Hall–Kier alpha value is -2.14. The van der Waals surface area contributed by atoms with Gasteiger partial charge in [0, 0.05) is 6.54 Å². The average Bonchev–Trinajstić information content (AvgIpc) is 2.74. The number of rotatable bonds is 7. The van der Waals surface area contributed by atoms with Gasteiger partial charge in [0.25, 0.3) is 0 Å². The van der Waals surface area contributed by atoms with Gasteiger partial charge < -0.3 is 0 Å². The van der Waals surface area contributed by atoms with Gasteiger partial charge in [-0.3, -0.25) is 0 Å². The molecule has 3 nitrogen and oxygen atoms in total. The lowest BCUT2D eigenvalue weighted by molar-refractivity contribution is -0.535. The van der Waals surface area contributed by atoms with Crippen LogP contribution in [-0.2, 0) is 10.0 Å². The van der Waals surface area contributed by atoms with E-state index < -0.39 is 10.0 Å². The van der Waals surface area contributed by atoms with Crippen LogP contribution in [0.4, 0.5) is 0 Å². The van der Waals surface area contributed by atoms with Crippen molar-refractivity contribution in [1.82, 2.24) is 4.72 Å². The Morgan fingerprint density at radius 3 is 2.17 bits per heavy atom. The molecule has 0 aromatic heterocycles. The Bertz CT molecular complexity index is 1070. The van der Waals surface area contributed by atoms with E-state index in [9.17, 15) is 8.42 Å². The number of hydrogen-bond donors (Lipinski definition) is 1. The molecule has 0 bridgehead atoms. The highest BCUT2D eigenvalue weighted by Gasteiger charge is 2.16. The SMILES string of the molecule is Cc1ccc(S(=O)(=O)NCCC(C#C[I+]c2ccccc2)c2ccccc2)cc1. The van der Waals surface area contributed by atoms with E-state index in [0.29, 0.717) is 17.9 Å². The molecule has 5 heteroatoms. The summed E-state index contributed by atoms with van der Waals surface area (Å²) in [5, 5.41) is 0. The van der Waals surface area contributed by atoms with Gasteiger partial charge in [0.2, 0.25) is 13.6 Å². The Balaban J connectivity index is 1.67. The third kappa shape index (κ3) is 6.70. The van der Waals surface area contributed by atoms with E-state index in [0.717, 1.165) is 11.1 Å². The number of benzene rings is 3. The topological polar surface area (TPSA) is 46.2 Å². The van der Waals surface area contributed by atoms with Gasteiger partial charge in [0.15, 0.2) is 3.93 Å². The van der Waals surface area contributed by atoms with Crippen molar-refractivity contribution in [3.8, 4) is 9.85 Å². The van der Waals surface area contributed by atoms with Gasteiger partial charge in [0.05, 0.1) is 10.8 Å². The lowest BCUT2D eigenvalue weighted by atomic mass is 9.97. The van der Waals surface area contributed by atoms with Crippen LogP contribution in [0.5, 0.6) is 0 Å². The van der Waals surface area contributed by atoms with Gasteiger partial charge in [-0.25, -0.2) is 13.1 Å². The first-order valence-corrected chi connectivity index (χ1v) is 13.0. The minimum atomic E-state index is -3.51. The van der Waals surface area contributed by atoms with Crippen molar-refractivity contribution < 1.29 is 29.6 Å². The van der Waals surface area contributed by atoms with Crippen LogP contribution in [0, 0.1) is 20.3 Å². The fourth-order valence-electron chi connectivity index (χ4n) is 2.77. The van der Waals surface area contributed by atoms with Crippen molar-refractivity contribution in [2.75, 3.05) is 6.54 Å². The summed E-state index contributed by atoms with van der Waals surface area (Å²) >= 11 is -0.378. The fraction of sp³-hybridized carbons (Fsp3) is 0.167. The van der Waals surface area contributed by atoms with Crippen LogP contribution >= 0.6 is 0 Å². The van der Waals surface area contributed by atoms with Gasteiger partial charge in [-0.1, -0.05) is 66.2 Å². The molecule has 0 aliphatic rings. The van der Waals surface area contributed by atoms with Crippen LogP contribution in [-0.4, -0.2) is 15.0 Å². The fourth-order valence-corrected chi connectivity index (χ4v) is 5.44. The molecule has 0 aliphatic carbocycles. The van der Waals surface area contributed by atoms with Crippen LogP contribution in [0.15, 0.2) is 89.8 Å². The predicted octanol–water partition coefficient (Wildman–Crippen LogP) is 1.37. The summed E-state index contributed by atoms with van der Waals surface area (Å²) in [5.74, 6) is 3.38. The maximum Gasteiger partial charge on any atom is 0.419 e. The molecule has 0 heterocycles. The summed E-state index contributed by atoms with van der Waals surface area (Å²) in [7, 11) is -3.51. The molecule has 0 aliphatic heterocycles. The average molecular weight is 516 g/mol. The zero-order valence-corrected chi connectivity index (χ0v) is 19.2. The molecule has 0 saturated heterocycles. The second-order valence-electron chi connectivity index (χ2n) is 6.59. The van der Waals surface area contributed by atoms with E-state index in [2.05, 4.69) is 38.8 Å². The Morgan fingerprint density at radius 2 is 1.52 bits per heavy atom. The summed E-state index contributed by atoms with van der Waals surface area (Å²) in [6.45, 7) is 2.28. The van der Waals surface area contributed by atoms with Crippen LogP contribution in [0.3, 0.4) is 0 Å². The van der Waals surface area contributed by atoms with Gasteiger partial charge in [-0.05, 0) is 49.1 Å². The third-order valence-corrected chi connectivity index (χ3v) is 7.78. The lowest BCUT2D eigenvalue weighted by Crippen LogP contribution is -3.59. The third-order valence-electron chi connectivity index (χ3n) is 4.38. The van der Waals surface area contributed by atoms with E-state index in [1.54, 1.807) is 24.3 Å². The largest absolute Gasteiger partial charge is 0.419 e. The standard InChI is InChI=1S/C24H23INO2S/c1-20-12-14-24(15-13-20)29(27,28)26-19-17-22(21-8-4-2-5-9-21)16-18-25-23-10-6-3-7-11-23/h2-15,22,26H,17,19H2,1H3/q+1. The minimum absolute atomic E-state index is 0.000306. The summed E-state index contributed by atoms with van der Waals surface area (Å²) in [6, 6.07) is 27.2. The molecule has 3 aromatic rings. The quantitative estimate of drug-likeness (QED) is 0.381. The normalized spacial score (nSPS) is 12.0. The van der Waals surface area contributed by atoms with E-state index in [-0.39, 0.29) is 27.1 Å². The number of aryl methyl sites for hydroxylation is 1. The molecule has 0 radical (unpaired) electrons. The molecule has 29 heavy (non-hydrogen) atoms. The maximum atomic E-state index is 12.5. The molecule has 0 spiro atoms. The number of halogens is 1. The monoisotopic (exact) mass is 516 g/mol. The second kappa shape index (κ2) is 10.6. The first kappa shape index (κ1) is 21.6. The summed E-state index contributed by atoms with van der Waals surface area (Å²) in [5.41, 5.74) is 2.15. The molecule has 3 aromatic carbocycles. The van der Waals surface area contributed by atoms with Crippen LogP contribution in [0.25, 0.3) is 0 Å². The smallest absolute Gasteiger partial charge is 0.211 e. The first-order valence-electron chi connectivity index (χ1n) is 9.35. The van der Waals surface area contributed by atoms with Crippen molar-refractivity contribution >= 4 is 10.0 Å². The predicted molar refractivity (Wildman–Crippen MR) is 113 cm³/mol. The highest BCUT2D eigenvalue weighted by molar-refractivity contribution is 7.89. The Labute approximate surface area is 183 Å². The second-order valence-corrected chi connectivity index (χ2v) is 10.7. The molecule has 3 rings (SSSR count). The number of nitrogens with one attached hydrogen (secondary N) is 1. The molecule has 0 fully saturated rings. The minimum Gasteiger partial charge on any atom is -0.211 e. The van der Waals surface area contributed by atoms with Crippen molar-refractivity contribution in [2.24, 2.45) is 0 Å². The molecule has 148 valence electrons.